The normalized spacial score (nSPS) is 20.9. The second kappa shape index (κ2) is 3.75. The molecule has 19 heavy (non-hydrogen) atoms. The SMILES string of the molecule is CCC1(Cn2c(C3CC3)nc3cc(N)ccc32)CC1. The summed E-state index contributed by atoms with van der Waals surface area (Å²) in [7, 11) is 0. The Balaban J connectivity index is 1.83. The molecule has 2 N–H and O–H groups in total. The van der Waals surface area contributed by atoms with Gasteiger partial charge in [0.2, 0.25) is 0 Å². The summed E-state index contributed by atoms with van der Waals surface area (Å²) in [5, 5.41) is 0. The molecular weight excluding hydrogens is 234 g/mol. The molecule has 2 aromatic rings. The first-order valence-electron chi connectivity index (χ1n) is 7.46. The average molecular weight is 255 g/mol. The van der Waals surface area contributed by atoms with Gasteiger partial charge in [-0.3, -0.25) is 0 Å². The van der Waals surface area contributed by atoms with Gasteiger partial charge in [-0.1, -0.05) is 6.92 Å². The number of nitrogens with two attached hydrogens (primary N) is 1. The van der Waals surface area contributed by atoms with Crippen molar-refractivity contribution in [3.63, 3.8) is 0 Å². The van der Waals surface area contributed by atoms with Crippen molar-refractivity contribution in [1.29, 1.82) is 0 Å². The van der Waals surface area contributed by atoms with Gasteiger partial charge in [0.05, 0.1) is 11.0 Å². The van der Waals surface area contributed by atoms with Crippen molar-refractivity contribution >= 4 is 16.7 Å². The fraction of sp³-hybridized carbons (Fsp3) is 0.562. The predicted molar refractivity (Wildman–Crippen MR) is 78.1 cm³/mol. The largest absolute Gasteiger partial charge is 0.399 e. The molecule has 0 spiro atoms. The molecule has 1 aromatic carbocycles. The molecule has 2 aliphatic rings. The maximum atomic E-state index is 5.89. The number of imidazole rings is 1. The summed E-state index contributed by atoms with van der Waals surface area (Å²) in [4.78, 5) is 4.86. The van der Waals surface area contributed by atoms with E-state index in [0.29, 0.717) is 11.3 Å². The number of benzene rings is 1. The Hall–Kier alpha value is -1.51. The third kappa shape index (κ3) is 1.83. The van der Waals surface area contributed by atoms with Gasteiger partial charge in [0.25, 0.3) is 0 Å². The van der Waals surface area contributed by atoms with Crippen molar-refractivity contribution in [3.05, 3.63) is 24.0 Å². The van der Waals surface area contributed by atoms with E-state index in [9.17, 15) is 0 Å². The smallest absolute Gasteiger partial charge is 0.113 e. The van der Waals surface area contributed by atoms with Gasteiger partial charge < -0.3 is 10.3 Å². The van der Waals surface area contributed by atoms with Gasteiger partial charge in [0.15, 0.2) is 0 Å². The van der Waals surface area contributed by atoms with E-state index >= 15 is 0 Å². The Morgan fingerprint density at radius 3 is 2.79 bits per heavy atom. The van der Waals surface area contributed by atoms with Gasteiger partial charge in [-0.05, 0) is 55.7 Å². The third-order valence-electron chi connectivity index (χ3n) is 4.94. The van der Waals surface area contributed by atoms with Crippen molar-refractivity contribution in [2.75, 3.05) is 5.73 Å². The molecule has 0 aliphatic heterocycles. The van der Waals surface area contributed by atoms with Gasteiger partial charge in [-0.2, -0.15) is 0 Å². The van der Waals surface area contributed by atoms with Crippen LogP contribution in [0.4, 0.5) is 5.69 Å². The number of nitrogens with zero attached hydrogens (tertiary/aromatic N) is 2. The van der Waals surface area contributed by atoms with Crippen LogP contribution in [0.5, 0.6) is 0 Å². The van der Waals surface area contributed by atoms with Crippen molar-refractivity contribution in [1.82, 2.24) is 9.55 Å². The van der Waals surface area contributed by atoms with Gasteiger partial charge in [-0.25, -0.2) is 4.98 Å². The quantitative estimate of drug-likeness (QED) is 0.847. The van der Waals surface area contributed by atoms with Gasteiger partial charge in [0.1, 0.15) is 5.82 Å². The zero-order chi connectivity index (χ0) is 13.0. The number of nitrogen functional groups attached to an aromatic ring is 1. The zero-order valence-corrected chi connectivity index (χ0v) is 11.5. The van der Waals surface area contributed by atoms with Crippen LogP contribution < -0.4 is 5.73 Å². The van der Waals surface area contributed by atoms with Crippen LogP contribution in [-0.2, 0) is 6.54 Å². The molecule has 2 saturated carbocycles. The Bertz CT molecular complexity index is 633. The maximum absolute atomic E-state index is 5.89. The minimum Gasteiger partial charge on any atom is -0.399 e. The van der Waals surface area contributed by atoms with E-state index in [1.807, 2.05) is 12.1 Å². The molecule has 0 unspecified atom stereocenters. The number of fused-ring (bicyclic) bond motifs is 1. The van der Waals surface area contributed by atoms with E-state index in [2.05, 4.69) is 17.6 Å². The molecule has 100 valence electrons. The second-order valence-corrected chi connectivity index (χ2v) is 6.43. The minimum atomic E-state index is 0.554. The molecule has 1 aromatic heterocycles. The van der Waals surface area contributed by atoms with E-state index in [1.54, 1.807) is 0 Å². The van der Waals surface area contributed by atoms with Crippen molar-refractivity contribution in [2.24, 2.45) is 5.41 Å². The number of aromatic nitrogens is 2. The highest BCUT2D eigenvalue weighted by molar-refractivity contribution is 5.80. The second-order valence-electron chi connectivity index (χ2n) is 6.43. The highest BCUT2D eigenvalue weighted by Crippen LogP contribution is 2.51. The molecular formula is C16H21N3. The molecule has 0 atom stereocenters. The monoisotopic (exact) mass is 255 g/mol. The van der Waals surface area contributed by atoms with E-state index in [-0.39, 0.29) is 0 Å². The fourth-order valence-corrected chi connectivity index (χ4v) is 3.12. The summed E-state index contributed by atoms with van der Waals surface area (Å²) in [6.07, 6.45) is 6.64. The van der Waals surface area contributed by atoms with Crippen molar-refractivity contribution in [3.8, 4) is 0 Å². The highest BCUT2D eigenvalue weighted by atomic mass is 15.1. The number of hydrogen-bond donors (Lipinski definition) is 1. The molecule has 2 fully saturated rings. The van der Waals surface area contributed by atoms with Gasteiger partial charge >= 0.3 is 0 Å². The lowest BCUT2D eigenvalue weighted by molar-refractivity contribution is 0.407. The van der Waals surface area contributed by atoms with E-state index in [1.165, 1.54) is 43.4 Å². The molecule has 4 rings (SSSR count). The lowest BCUT2D eigenvalue weighted by atomic mass is 10.0. The Morgan fingerprint density at radius 2 is 2.16 bits per heavy atom. The molecule has 0 amide bonds. The number of rotatable bonds is 4. The maximum Gasteiger partial charge on any atom is 0.113 e. The summed E-state index contributed by atoms with van der Waals surface area (Å²) in [6, 6.07) is 6.17. The minimum absolute atomic E-state index is 0.554. The van der Waals surface area contributed by atoms with Crippen LogP contribution in [0.1, 0.15) is 50.8 Å². The standard InChI is InChI=1S/C16H21N3/c1-2-16(7-8-16)10-19-14-6-5-12(17)9-13(14)18-15(19)11-3-4-11/h5-6,9,11H,2-4,7-8,10,17H2,1H3. The number of anilines is 1. The van der Waals surface area contributed by atoms with Gasteiger partial charge in [-0.15, -0.1) is 0 Å². The fourth-order valence-electron chi connectivity index (χ4n) is 3.12. The van der Waals surface area contributed by atoms with Crippen LogP contribution in [0.15, 0.2) is 18.2 Å². The van der Waals surface area contributed by atoms with Gasteiger partial charge in [0, 0.05) is 18.2 Å². The summed E-state index contributed by atoms with van der Waals surface area (Å²) >= 11 is 0. The first kappa shape index (κ1) is 11.3. The summed E-state index contributed by atoms with van der Waals surface area (Å²) in [6.45, 7) is 3.47. The Morgan fingerprint density at radius 1 is 1.37 bits per heavy atom. The van der Waals surface area contributed by atoms with E-state index in [0.717, 1.165) is 17.7 Å². The third-order valence-corrected chi connectivity index (χ3v) is 4.94. The van der Waals surface area contributed by atoms with Crippen LogP contribution >= 0.6 is 0 Å². The zero-order valence-electron chi connectivity index (χ0n) is 11.5. The molecule has 0 bridgehead atoms. The molecule has 2 aliphatic carbocycles. The van der Waals surface area contributed by atoms with Crippen LogP contribution in [0.3, 0.4) is 0 Å². The highest BCUT2D eigenvalue weighted by Gasteiger charge is 2.42. The van der Waals surface area contributed by atoms with Crippen LogP contribution in [0, 0.1) is 5.41 Å². The Labute approximate surface area is 113 Å². The van der Waals surface area contributed by atoms with Crippen molar-refractivity contribution < 1.29 is 0 Å². The Kier molecular flexibility index (Phi) is 2.23. The first-order valence-corrected chi connectivity index (χ1v) is 7.46. The van der Waals surface area contributed by atoms with Crippen molar-refractivity contribution in [2.45, 2.75) is 51.5 Å². The van der Waals surface area contributed by atoms with Crippen LogP contribution in [0.2, 0.25) is 0 Å². The summed E-state index contributed by atoms with van der Waals surface area (Å²) < 4.78 is 2.49. The predicted octanol–water partition coefficient (Wildman–Crippen LogP) is 3.69. The van der Waals surface area contributed by atoms with Crippen LogP contribution in [0.25, 0.3) is 11.0 Å². The summed E-state index contributed by atoms with van der Waals surface area (Å²) in [5.74, 6) is 2.00. The summed E-state index contributed by atoms with van der Waals surface area (Å²) in [5.41, 5.74) is 9.61. The molecule has 0 saturated heterocycles. The average Bonchev–Trinajstić information content (AvgIpc) is 3.30. The van der Waals surface area contributed by atoms with E-state index < -0.39 is 0 Å². The molecule has 1 heterocycles. The lowest BCUT2D eigenvalue weighted by Gasteiger charge is -2.16. The topological polar surface area (TPSA) is 43.8 Å². The van der Waals surface area contributed by atoms with Crippen LogP contribution in [-0.4, -0.2) is 9.55 Å². The molecule has 3 heteroatoms. The lowest BCUT2D eigenvalue weighted by Crippen LogP contribution is -2.13. The molecule has 0 radical (unpaired) electrons. The number of hydrogen-bond acceptors (Lipinski definition) is 2. The van der Waals surface area contributed by atoms with E-state index in [4.69, 9.17) is 10.7 Å². The molecule has 3 nitrogen and oxygen atoms in total. The first-order chi connectivity index (χ1) is 9.21.